The smallest absolute Gasteiger partial charge is 0.284 e. The standard InChI is InChI=1S/C21H19ClF2N4O2/c1-3-27(2)21-25-17-9-13(23)8-16(24)18(17)20(30)28(21)26-19(29)15-10-14(15)11-4-6-12(22)7-5-11/h4-9,14-15H,3,10H2,1-2H3,(H,26,29)/t14-,15-/m1/s1. The number of fused-ring (bicyclic) bond motifs is 1. The Morgan fingerprint density at radius 3 is 2.67 bits per heavy atom. The number of carbonyl (C=O) groups is 1. The summed E-state index contributed by atoms with van der Waals surface area (Å²) in [6.45, 7) is 2.29. The molecule has 0 aliphatic heterocycles. The second-order valence-electron chi connectivity index (χ2n) is 7.32. The van der Waals surface area contributed by atoms with Crippen LogP contribution in [0, 0.1) is 17.6 Å². The summed E-state index contributed by atoms with van der Waals surface area (Å²) in [6, 6.07) is 8.87. The lowest BCUT2D eigenvalue weighted by Gasteiger charge is -2.21. The molecule has 0 radical (unpaired) electrons. The monoisotopic (exact) mass is 432 g/mol. The molecule has 6 nitrogen and oxygen atoms in total. The summed E-state index contributed by atoms with van der Waals surface area (Å²) in [5.74, 6) is -2.44. The van der Waals surface area contributed by atoms with E-state index in [1.54, 1.807) is 24.1 Å². The average molecular weight is 433 g/mol. The predicted molar refractivity (Wildman–Crippen MR) is 112 cm³/mol. The molecule has 0 unspecified atom stereocenters. The zero-order valence-corrected chi connectivity index (χ0v) is 17.1. The van der Waals surface area contributed by atoms with Gasteiger partial charge in [-0.25, -0.2) is 13.8 Å². The SMILES string of the molecule is CCN(C)c1nc2cc(F)cc(F)c2c(=O)n1NC(=O)[C@@H]1C[C@@H]1c1ccc(Cl)cc1. The van der Waals surface area contributed by atoms with E-state index in [4.69, 9.17) is 11.6 Å². The summed E-state index contributed by atoms with van der Waals surface area (Å²) in [5, 5.41) is 0.231. The number of benzene rings is 2. The molecule has 1 aromatic heterocycles. The second kappa shape index (κ2) is 7.68. The van der Waals surface area contributed by atoms with Crippen molar-refractivity contribution in [2.24, 2.45) is 5.92 Å². The Hall–Kier alpha value is -3.00. The largest absolute Gasteiger partial charge is 0.344 e. The first-order valence-electron chi connectivity index (χ1n) is 9.49. The third kappa shape index (κ3) is 3.63. The fraction of sp³-hybridized carbons (Fsp3) is 0.286. The van der Waals surface area contributed by atoms with Crippen molar-refractivity contribution < 1.29 is 13.6 Å². The van der Waals surface area contributed by atoms with Crippen LogP contribution in [0.25, 0.3) is 10.9 Å². The van der Waals surface area contributed by atoms with Crippen LogP contribution < -0.4 is 15.9 Å². The van der Waals surface area contributed by atoms with E-state index in [0.29, 0.717) is 24.1 Å². The van der Waals surface area contributed by atoms with Gasteiger partial charge in [0.25, 0.3) is 5.56 Å². The highest BCUT2D eigenvalue weighted by molar-refractivity contribution is 6.30. The van der Waals surface area contributed by atoms with Crippen LogP contribution in [0.1, 0.15) is 24.8 Å². The van der Waals surface area contributed by atoms with Gasteiger partial charge in [0.05, 0.1) is 5.52 Å². The molecule has 3 aromatic rings. The van der Waals surface area contributed by atoms with Gasteiger partial charge in [-0.05, 0) is 37.0 Å². The van der Waals surface area contributed by atoms with Gasteiger partial charge in [-0.15, -0.1) is 0 Å². The number of aromatic nitrogens is 2. The van der Waals surface area contributed by atoms with Gasteiger partial charge in [-0.1, -0.05) is 23.7 Å². The van der Waals surface area contributed by atoms with Crippen molar-refractivity contribution in [3.63, 3.8) is 0 Å². The molecule has 1 aliphatic carbocycles. The van der Waals surface area contributed by atoms with Crippen LogP contribution in [0.2, 0.25) is 5.02 Å². The Kier molecular flexibility index (Phi) is 5.19. The number of halogens is 3. The first kappa shape index (κ1) is 20.3. The van der Waals surface area contributed by atoms with Crippen LogP contribution in [0.15, 0.2) is 41.2 Å². The van der Waals surface area contributed by atoms with Crippen LogP contribution in [0.3, 0.4) is 0 Å². The van der Waals surface area contributed by atoms with E-state index in [1.165, 1.54) is 0 Å². The van der Waals surface area contributed by atoms with Gasteiger partial charge in [0.1, 0.15) is 17.0 Å². The normalized spacial score (nSPS) is 17.8. The van der Waals surface area contributed by atoms with E-state index in [1.807, 2.05) is 19.1 Å². The maximum absolute atomic E-state index is 14.3. The van der Waals surface area contributed by atoms with E-state index in [2.05, 4.69) is 10.4 Å². The highest BCUT2D eigenvalue weighted by Gasteiger charge is 2.44. The number of amides is 1. The van der Waals surface area contributed by atoms with Gasteiger partial charge in [0.15, 0.2) is 0 Å². The Bertz CT molecular complexity index is 1200. The number of anilines is 1. The lowest BCUT2D eigenvalue weighted by molar-refractivity contribution is -0.118. The van der Waals surface area contributed by atoms with Crippen molar-refractivity contribution in [3.8, 4) is 0 Å². The molecular weight excluding hydrogens is 414 g/mol. The molecule has 2 atom stereocenters. The fourth-order valence-electron chi connectivity index (χ4n) is 3.47. The molecule has 1 fully saturated rings. The quantitative estimate of drug-likeness (QED) is 0.668. The topological polar surface area (TPSA) is 67.2 Å². The van der Waals surface area contributed by atoms with E-state index in [0.717, 1.165) is 16.3 Å². The van der Waals surface area contributed by atoms with Gasteiger partial charge < -0.3 is 4.90 Å². The van der Waals surface area contributed by atoms with Crippen molar-refractivity contribution in [3.05, 3.63) is 69.0 Å². The maximum atomic E-state index is 14.3. The number of carbonyl (C=O) groups excluding carboxylic acids is 1. The molecule has 4 rings (SSSR count). The van der Waals surface area contributed by atoms with Crippen LogP contribution in [-0.4, -0.2) is 29.2 Å². The number of nitrogens with zero attached hydrogens (tertiary/aromatic N) is 3. The third-order valence-corrected chi connectivity index (χ3v) is 5.59. The van der Waals surface area contributed by atoms with Crippen molar-refractivity contribution >= 4 is 34.4 Å². The van der Waals surface area contributed by atoms with E-state index in [-0.39, 0.29) is 34.6 Å². The van der Waals surface area contributed by atoms with Crippen molar-refractivity contribution in [1.82, 2.24) is 9.66 Å². The van der Waals surface area contributed by atoms with Crippen LogP contribution >= 0.6 is 11.6 Å². The fourth-order valence-corrected chi connectivity index (χ4v) is 3.60. The molecule has 1 amide bonds. The third-order valence-electron chi connectivity index (χ3n) is 5.33. The molecular formula is C21H19ClF2N4O2. The number of hydrogen-bond donors (Lipinski definition) is 1. The summed E-state index contributed by atoms with van der Waals surface area (Å²) < 4.78 is 28.9. The van der Waals surface area contributed by atoms with Gasteiger partial charge in [0, 0.05) is 36.7 Å². The minimum Gasteiger partial charge on any atom is -0.344 e. The molecule has 1 heterocycles. The molecule has 0 spiro atoms. The van der Waals surface area contributed by atoms with E-state index in [9.17, 15) is 18.4 Å². The van der Waals surface area contributed by atoms with Crippen molar-refractivity contribution in [2.75, 3.05) is 23.9 Å². The lowest BCUT2D eigenvalue weighted by Crippen LogP contribution is -2.39. The lowest BCUT2D eigenvalue weighted by atomic mass is 10.1. The van der Waals surface area contributed by atoms with Crippen molar-refractivity contribution in [2.45, 2.75) is 19.3 Å². The minimum atomic E-state index is -1.03. The zero-order valence-electron chi connectivity index (χ0n) is 16.3. The summed E-state index contributed by atoms with van der Waals surface area (Å²) in [7, 11) is 1.67. The van der Waals surface area contributed by atoms with E-state index >= 15 is 0 Å². The highest BCUT2D eigenvalue weighted by Crippen LogP contribution is 2.47. The average Bonchev–Trinajstić information content (AvgIpc) is 3.50. The summed E-state index contributed by atoms with van der Waals surface area (Å²) in [5.41, 5.74) is 2.65. The Morgan fingerprint density at radius 2 is 2.00 bits per heavy atom. The van der Waals surface area contributed by atoms with Gasteiger partial charge in [-0.2, -0.15) is 4.68 Å². The van der Waals surface area contributed by atoms with Crippen LogP contribution in [-0.2, 0) is 4.79 Å². The second-order valence-corrected chi connectivity index (χ2v) is 7.76. The molecule has 1 N–H and O–H groups in total. The molecule has 1 aliphatic rings. The maximum Gasteiger partial charge on any atom is 0.284 e. The summed E-state index contributed by atoms with van der Waals surface area (Å²) >= 11 is 5.91. The van der Waals surface area contributed by atoms with Crippen LogP contribution in [0.5, 0.6) is 0 Å². The first-order chi connectivity index (χ1) is 14.3. The number of hydrogen-bond acceptors (Lipinski definition) is 4. The Labute approximate surface area is 176 Å². The van der Waals surface area contributed by atoms with Gasteiger partial charge in [0.2, 0.25) is 11.9 Å². The molecule has 9 heteroatoms. The Balaban J connectivity index is 1.69. The molecule has 156 valence electrons. The predicted octanol–water partition coefficient (Wildman–Crippen LogP) is 3.66. The number of rotatable bonds is 5. The molecule has 0 saturated heterocycles. The minimum absolute atomic E-state index is 0.0181. The van der Waals surface area contributed by atoms with Crippen molar-refractivity contribution in [1.29, 1.82) is 0 Å². The summed E-state index contributed by atoms with van der Waals surface area (Å²) in [4.78, 5) is 31.6. The summed E-state index contributed by atoms with van der Waals surface area (Å²) in [6.07, 6.45) is 0.627. The Morgan fingerprint density at radius 1 is 1.30 bits per heavy atom. The van der Waals surface area contributed by atoms with Gasteiger partial charge >= 0.3 is 0 Å². The zero-order chi connectivity index (χ0) is 21.6. The molecule has 1 saturated carbocycles. The van der Waals surface area contributed by atoms with Gasteiger partial charge in [-0.3, -0.25) is 15.0 Å². The molecule has 0 bridgehead atoms. The first-order valence-corrected chi connectivity index (χ1v) is 9.87. The molecule has 2 aromatic carbocycles. The highest BCUT2D eigenvalue weighted by atomic mass is 35.5. The number of nitrogens with one attached hydrogen (secondary N) is 1. The van der Waals surface area contributed by atoms with Crippen LogP contribution in [0.4, 0.5) is 14.7 Å². The molecule has 30 heavy (non-hydrogen) atoms. The van der Waals surface area contributed by atoms with E-state index < -0.39 is 17.2 Å².